The molecule has 2 aromatic carbocycles. The predicted molar refractivity (Wildman–Crippen MR) is 115 cm³/mol. The summed E-state index contributed by atoms with van der Waals surface area (Å²) in [5, 5.41) is 0. The van der Waals surface area contributed by atoms with E-state index in [9.17, 15) is 26.4 Å². The minimum absolute atomic E-state index is 0.116. The van der Waals surface area contributed by atoms with Gasteiger partial charge in [-0.05, 0) is 79.1 Å². The Morgan fingerprint density at radius 1 is 1.09 bits per heavy atom. The van der Waals surface area contributed by atoms with Gasteiger partial charge in [-0.2, -0.15) is 13.2 Å². The van der Waals surface area contributed by atoms with E-state index >= 15 is 0 Å². The molecule has 2 atom stereocenters. The summed E-state index contributed by atoms with van der Waals surface area (Å²) in [5.41, 5.74) is 1.59. The second-order valence-electron chi connectivity index (χ2n) is 8.43. The van der Waals surface area contributed by atoms with Crippen molar-refractivity contribution >= 4 is 21.6 Å². The van der Waals surface area contributed by atoms with Crippen LogP contribution in [-0.2, 0) is 33.8 Å². The molecule has 0 saturated carbocycles. The molecule has 0 bridgehead atoms. The number of rotatable bonds is 4. The molecule has 32 heavy (non-hydrogen) atoms. The Balaban J connectivity index is 1.55. The van der Waals surface area contributed by atoms with Gasteiger partial charge in [-0.1, -0.05) is 13.0 Å². The van der Waals surface area contributed by atoms with E-state index < -0.39 is 21.8 Å². The van der Waals surface area contributed by atoms with Gasteiger partial charge < -0.3 is 4.90 Å². The third-order valence-electron chi connectivity index (χ3n) is 6.40. The number of hydrogen-bond acceptors (Lipinski definition) is 3. The molecule has 2 aliphatic rings. The first-order chi connectivity index (χ1) is 15.1. The molecule has 1 amide bonds. The second kappa shape index (κ2) is 8.42. The average Bonchev–Trinajstić information content (AvgIpc) is 2.76. The summed E-state index contributed by atoms with van der Waals surface area (Å²) in [4.78, 5) is 14.1. The molecule has 2 aromatic rings. The van der Waals surface area contributed by atoms with Gasteiger partial charge in [-0.3, -0.25) is 9.52 Å². The Morgan fingerprint density at radius 3 is 2.47 bits per heavy atom. The maximum atomic E-state index is 12.8. The van der Waals surface area contributed by atoms with Crippen molar-refractivity contribution in [1.29, 1.82) is 0 Å². The minimum atomic E-state index is -4.53. The molecule has 5 nitrogen and oxygen atoms in total. The van der Waals surface area contributed by atoms with Crippen molar-refractivity contribution in [3.63, 3.8) is 0 Å². The van der Waals surface area contributed by atoms with Crippen molar-refractivity contribution in [2.45, 2.75) is 56.1 Å². The van der Waals surface area contributed by atoms with Crippen molar-refractivity contribution in [3.8, 4) is 0 Å². The van der Waals surface area contributed by atoms with Crippen LogP contribution >= 0.6 is 0 Å². The average molecular weight is 467 g/mol. The zero-order chi connectivity index (χ0) is 23.1. The molecule has 1 aliphatic heterocycles. The number of carbonyl (C=O) groups excluding carboxylic acids is 1. The molecular formula is C23H25F3N2O3S. The van der Waals surface area contributed by atoms with Crippen LogP contribution in [0.3, 0.4) is 0 Å². The molecule has 4 rings (SSSR count). The molecule has 1 aliphatic carbocycles. The van der Waals surface area contributed by atoms with Crippen molar-refractivity contribution in [2.24, 2.45) is 5.92 Å². The molecule has 1 saturated heterocycles. The lowest BCUT2D eigenvalue weighted by atomic mass is 9.75. The number of sulfonamides is 1. The summed E-state index contributed by atoms with van der Waals surface area (Å²) in [5.74, 6) is 0.545. The number of alkyl halides is 3. The first-order valence-corrected chi connectivity index (χ1v) is 12.2. The molecule has 1 heterocycles. The lowest BCUT2D eigenvalue weighted by molar-refractivity contribution is -0.138. The van der Waals surface area contributed by atoms with Crippen LogP contribution in [-0.4, -0.2) is 31.8 Å². The Morgan fingerprint density at radius 2 is 1.81 bits per heavy atom. The third-order valence-corrected chi connectivity index (χ3v) is 7.80. The molecular weight excluding hydrogens is 441 g/mol. The Bertz CT molecular complexity index is 1110. The van der Waals surface area contributed by atoms with E-state index in [1.54, 1.807) is 12.1 Å². The molecule has 172 valence electrons. The van der Waals surface area contributed by atoms with Gasteiger partial charge in [0.1, 0.15) is 0 Å². The maximum Gasteiger partial charge on any atom is 0.416 e. The monoisotopic (exact) mass is 466 g/mol. The van der Waals surface area contributed by atoms with Crippen LogP contribution in [0.4, 0.5) is 18.9 Å². The van der Waals surface area contributed by atoms with Gasteiger partial charge in [0, 0.05) is 24.7 Å². The highest BCUT2D eigenvalue weighted by Gasteiger charge is 2.37. The minimum Gasteiger partial charge on any atom is -0.339 e. The van der Waals surface area contributed by atoms with Crippen LogP contribution in [0.2, 0.25) is 0 Å². The lowest BCUT2D eigenvalue weighted by Gasteiger charge is -2.44. The van der Waals surface area contributed by atoms with E-state index in [0.29, 0.717) is 24.4 Å². The highest BCUT2D eigenvalue weighted by Crippen LogP contribution is 2.37. The van der Waals surface area contributed by atoms with Crippen molar-refractivity contribution in [2.75, 3.05) is 11.3 Å². The van der Waals surface area contributed by atoms with Crippen molar-refractivity contribution in [1.82, 2.24) is 4.90 Å². The van der Waals surface area contributed by atoms with Crippen LogP contribution in [0.15, 0.2) is 47.4 Å². The number of nitrogens with one attached hydrogen (secondary N) is 1. The number of halogens is 3. The summed E-state index contributed by atoms with van der Waals surface area (Å²) >= 11 is 0. The Labute approximate surface area is 185 Å². The number of likely N-dealkylation sites (tertiary alicyclic amines) is 1. The smallest absolute Gasteiger partial charge is 0.339 e. The van der Waals surface area contributed by atoms with Crippen LogP contribution < -0.4 is 4.72 Å². The number of piperidine rings is 1. The number of hydrogen-bond donors (Lipinski definition) is 1. The Hall–Kier alpha value is -2.55. The van der Waals surface area contributed by atoms with Gasteiger partial charge in [0.15, 0.2) is 0 Å². The predicted octanol–water partition coefficient (Wildman–Crippen LogP) is 4.62. The van der Waals surface area contributed by atoms with E-state index in [2.05, 4.69) is 4.72 Å². The van der Waals surface area contributed by atoms with Gasteiger partial charge in [-0.25, -0.2) is 8.42 Å². The zero-order valence-corrected chi connectivity index (χ0v) is 18.5. The molecule has 1 fully saturated rings. The normalized spacial score (nSPS) is 20.9. The van der Waals surface area contributed by atoms with E-state index in [-0.39, 0.29) is 16.8 Å². The number of benzene rings is 2. The summed E-state index contributed by atoms with van der Waals surface area (Å²) in [6.07, 6.45) is -0.491. The first kappa shape index (κ1) is 22.6. The number of amides is 1. The maximum absolute atomic E-state index is 12.8. The molecule has 9 heteroatoms. The van der Waals surface area contributed by atoms with E-state index in [0.717, 1.165) is 61.2 Å². The number of nitrogens with zero attached hydrogens (tertiary/aromatic N) is 1. The highest BCUT2D eigenvalue weighted by molar-refractivity contribution is 7.92. The van der Waals surface area contributed by atoms with Crippen molar-refractivity contribution in [3.05, 3.63) is 59.2 Å². The highest BCUT2D eigenvalue weighted by atomic mass is 32.2. The number of carbonyl (C=O) groups is 1. The van der Waals surface area contributed by atoms with Crippen molar-refractivity contribution < 1.29 is 26.4 Å². The zero-order valence-electron chi connectivity index (χ0n) is 17.7. The molecule has 0 unspecified atom stereocenters. The van der Waals surface area contributed by atoms with E-state index in [1.165, 1.54) is 0 Å². The lowest BCUT2D eigenvalue weighted by Crippen LogP contribution is -2.51. The fourth-order valence-corrected chi connectivity index (χ4v) is 5.84. The topological polar surface area (TPSA) is 66.5 Å². The van der Waals surface area contributed by atoms with Crippen LogP contribution in [0.25, 0.3) is 0 Å². The second-order valence-corrected chi connectivity index (χ2v) is 10.1. The van der Waals surface area contributed by atoms with Gasteiger partial charge in [-0.15, -0.1) is 0 Å². The van der Waals surface area contributed by atoms with Gasteiger partial charge in [0.05, 0.1) is 10.5 Å². The summed E-state index contributed by atoms with van der Waals surface area (Å²) in [6.45, 7) is 2.61. The molecule has 1 N–H and O–H groups in total. The Kier molecular flexibility index (Phi) is 5.96. The standard InChI is InChI=1S/C23H25F3N2O3S/c1-2-22(29)28-11-3-4-16-12-15-5-8-19(13-17(15)14-21(16)28)27-32(30,31)20-9-6-18(7-10-20)23(24,25)26/h5-10,13,16,21,27H,2-4,11-12,14H2,1H3/t16-,21-/m1/s1. The SMILES string of the molecule is CCC(=O)N1CCC[C@@H]2Cc3ccc(NS(=O)(=O)c4ccc(C(F)(F)F)cc4)cc3C[C@H]21. The third kappa shape index (κ3) is 4.48. The molecule has 0 aromatic heterocycles. The largest absolute Gasteiger partial charge is 0.416 e. The van der Waals surface area contributed by atoms with Crippen LogP contribution in [0, 0.1) is 5.92 Å². The first-order valence-electron chi connectivity index (χ1n) is 10.7. The van der Waals surface area contributed by atoms with Gasteiger partial charge in [0.25, 0.3) is 10.0 Å². The fourth-order valence-electron chi connectivity index (χ4n) is 4.79. The molecule has 0 spiro atoms. The summed E-state index contributed by atoms with van der Waals surface area (Å²) in [7, 11) is -4.04. The van der Waals surface area contributed by atoms with E-state index in [4.69, 9.17) is 0 Å². The fraction of sp³-hybridized carbons (Fsp3) is 0.435. The quantitative estimate of drug-likeness (QED) is 0.715. The van der Waals surface area contributed by atoms with E-state index in [1.807, 2.05) is 17.9 Å². The summed E-state index contributed by atoms with van der Waals surface area (Å²) < 4.78 is 66.1. The van der Waals surface area contributed by atoms with Gasteiger partial charge in [0.2, 0.25) is 5.91 Å². The number of fused-ring (bicyclic) bond motifs is 2. The molecule has 0 radical (unpaired) electrons. The van der Waals surface area contributed by atoms with Crippen LogP contribution in [0.5, 0.6) is 0 Å². The summed E-state index contributed by atoms with van der Waals surface area (Å²) in [6, 6.07) is 8.87. The van der Waals surface area contributed by atoms with Crippen LogP contribution in [0.1, 0.15) is 42.9 Å². The number of anilines is 1. The van der Waals surface area contributed by atoms with Gasteiger partial charge >= 0.3 is 6.18 Å².